The van der Waals surface area contributed by atoms with Crippen LogP contribution >= 0.6 is 11.6 Å². The van der Waals surface area contributed by atoms with Crippen molar-refractivity contribution < 1.29 is 14.2 Å². The lowest BCUT2D eigenvalue weighted by Gasteiger charge is -2.20. The van der Waals surface area contributed by atoms with Gasteiger partial charge in [0.25, 0.3) is 0 Å². The third-order valence-electron chi connectivity index (χ3n) is 6.25. The largest absolute Gasteiger partial charge is 0.618 e. The molecule has 1 aliphatic rings. The number of tetrazole rings is 1. The predicted octanol–water partition coefficient (Wildman–Crippen LogP) is 2.30. The van der Waals surface area contributed by atoms with E-state index >= 15 is 0 Å². The monoisotopic (exact) mass is 505 g/mol. The number of anilines is 1. The van der Waals surface area contributed by atoms with Gasteiger partial charge in [-0.1, -0.05) is 11.6 Å². The average Bonchev–Trinajstić information content (AvgIpc) is 3.60. The van der Waals surface area contributed by atoms with Gasteiger partial charge in [-0.2, -0.15) is 13.8 Å². The maximum Gasteiger partial charge on any atom is 0.235 e. The van der Waals surface area contributed by atoms with Gasteiger partial charge in [0.2, 0.25) is 17.2 Å². The minimum absolute atomic E-state index is 0.0467. The first-order chi connectivity index (χ1) is 17.3. The van der Waals surface area contributed by atoms with Gasteiger partial charge < -0.3 is 21.0 Å². The van der Waals surface area contributed by atoms with E-state index in [0.717, 1.165) is 0 Å². The van der Waals surface area contributed by atoms with Crippen LogP contribution in [0.2, 0.25) is 5.02 Å². The summed E-state index contributed by atoms with van der Waals surface area (Å²) in [5.41, 5.74) is 6.92. The molecule has 1 aromatic carbocycles. The SMILES string of the molecule is Nc1ccc(-c2cnc(C3(O)CCc4cc(-c5cc(Cl)ccc5-n5cnnn5)c[n+]([O-])c43)[nH]2)c(F)n1. The second-order valence-electron chi connectivity index (χ2n) is 8.42. The van der Waals surface area contributed by atoms with Crippen LogP contribution in [0.1, 0.15) is 23.5 Å². The topological polar surface area (TPSA) is 158 Å². The summed E-state index contributed by atoms with van der Waals surface area (Å²) in [5, 5.41) is 36.6. The number of aliphatic hydroxyl groups is 1. The van der Waals surface area contributed by atoms with E-state index in [1.54, 1.807) is 18.2 Å². The first kappa shape index (κ1) is 22.1. The summed E-state index contributed by atoms with van der Waals surface area (Å²) in [6, 6.07) is 9.93. The van der Waals surface area contributed by atoms with Crippen LogP contribution in [0.4, 0.5) is 10.2 Å². The molecule has 0 radical (unpaired) electrons. The number of fused-ring (bicyclic) bond motifs is 1. The number of imidazole rings is 1. The number of hydrogen-bond donors (Lipinski definition) is 3. The molecule has 0 saturated carbocycles. The lowest BCUT2D eigenvalue weighted by Crippen LogP contribution is -2.42. The van der Waals surface area contributed by atoms with Crippen molar-refractivity contribution in [1.82, 2.24) is 35.2 Å². The van der Waals surface area contributed by atoms with Crippen molar-refractivity contribution >= 4 is 17.4 Å². The van der Waals surface area contributed by atoms with E-state index in [0.29, 0.717) is 44.2 Å². The van der Waals surface area contributed by atoms with Gasteiger partial charge in [0.1, 0.15) is 18.0 Å². The summed E-state index contributed by atoms with van der Waals surface area (Å²) in [6.07, 6.45) is 4.81. The molecule has 0 saturated heterocycles. The Kier molecular flexibility index (Phi) is 4.95. The fraction of sp³-hybridized carbons (Fsp3) is 0.130. The van der Waals surface area contributed by atoms with Crippen molar-refractivity contribution in [3.05, 3.63) is 88.4 Å². The molecule has 180 valence electrons. The molecule has 36 heavy (non-hydrogen) atoms. The number of aromatic amines is 1. The van der Waals surface area contributed by atoms with Crippen LogP contribution in [0.15, 0.2) is 55.1 Å². The van der Waals surface area contributed by atoms with Crippen molar-refractivity contribution in [3.8, 4) is 28.1 Å². The van der Waals surface area contributed by atoms with Crippen molar-refractivity contribution in [2.75, 3.05) is 5.73 Å². The Balaban J connectivity index is 1.42. The van der Waals surface area contributed by atoms with E-state index in [1.165, 1.54) is 35.5 Å². The molecule has 4 heterocycles. The van der Waals surface area contributed by atoms with Crippen LogP contribution < -0.4 is 10.5 Å². The smallest absolute Gasteiger partial charge is 0.235 e. The summed E-state index contributed by atoms with van der Waals surface area (Å²) < 4.78 is 16.4. The number of H-pyrrole nitrogens is 1. The van der Waals surface area contributed by atoms with E-state index in [1.807, 2.05) is 6.07 Å². The van der Waals surface area contributed by atoms with Crippen molar-refractivity contribution in [2.24, 2.45) is 0 Å². The van der Waals surface area contributed by atoms with Crippen LogP contribution in [-0.4, -0.2) is 40.3 Å². The maximum absolute atomic E-state index is 14.3. The van der Waals surface area contributed by atoms with Crippen LogP contribution in [0.5, 0.6) is 0 Å². The molecule has 6 rings (SSSR count). The first-order valence-corrected chi connectivity index (χ1v) is 11.2. The van der Waals surface area contributed by atoms with Gasteiger partial charge in [0, 0.05) is 21.7 Å². The summed E-state index contributed by atoms with van der Waals surface area (Å²) >= 11 is 6.25. The Hall–Kier alpha value is -4.42. The first-order valence-electron chi connectivity index (χ1n) is 10.8. The van der Waals surface area contributed by atoms with Crippen molar-refractivity contribution in [2.45, 2.75) is 18.4 Å². The molecule has 4 aromatic heterocycles. The molecule has 5 aromatic rings. The third-order valence-corrected chi connectivity index (χ3v) is 6.49. The third kappa shape index (κ3) is 3.46. The quantitative estimate of drug-likeness (QED) is 0.191. The number of benzene rings is 1. The molecular weight excluding hydrogens is 489 g/mol. The number of aromatic nitrogens is 8. The van der Waals surface area contributed by atoms with E-state index in [2.05, 4.69) is 30.5 Å². The molecule has 1 unspecified atom stereocenters. The molecule has 0 spiro atoms. The number of nitrogens with two attached hydrogens (primary N) is 1. The number of aryl methyl sites for hydroxylation is 1. The number of halogens is 2. The molecule has 0 amide bonds. The molecule has 0 bridgehead atoms. The van der Waals surface area contributed by atoms with Gasteiger partial charge >= 0.3 is 0 Å². The van der Waals surface area contributed by atoms with Crippen LogP contribution in [0.3, 0.4) is 0 Å². The molecule has 11 nitrogen and oxygen atoms in total. The van der Waals surface area contributed by atoms with Gasteiger partial charge in [-0.3, -0.25) is 0 Å². The zero-order chi connectivity index (χ0) is 25.0. The molecule has 1 aliphatic carbocycles. The Morgan fingerprint density at radius 1 is 1.22 bits per heavy atom. The Labute approximate surface area is 207 Å². The zero-order valence-electron chi connectivity index (χ0n) is 18.4. The van der Waals surface area contributed by atoms with Crippen molar-refractivity contribution in [3.63, 3.8) is 0 Å². The lowest BCUT2D eigenvalue weighted by atomic mass is 9.98. The fourth-order valence-electron chi connectivity index (χ4n) is 4.60. The summed E-state index contributed by atoms with van der Waals surface area (Å²) in [4.78, 5) is 10.8. The highest BCUT2D eigenvalue weighted by Gasteiger charge is 2.48. The molecule has 1 atom stereocenters. The van der Waals surface area contributed by atoms with E-state index < -0.39 is 11.5 Å². The number of nitrogens with one attached hydrogen (secondary N) is 1. The summed E-state index contributed by atoms with van der Waals surface area (Å²) in [6.45, 7) is 0. The van der Waals surface area contributed by atoms with Gasteiger partial charge in [0.15, 0.2) is 6.20 Å². The number of pyridine rings is 2. The van der Waals surface area contributed by atoms with Gasteiger partial charge in [-0.25, -0.2) is 9.97 Å². The van der Waals surface area contributed by atoms with Gasteiger partial charge in [-0.15, -0.1) is 5.10 Å². The molecular formula is C23H17ClFN9O2. The zero-order valence-corrected chi connectivity index (χ0v) is 19.2. The van der Waals surface area contributed by atoms with Crippen LogP contribution in [-0.2, 0) is 12.0 Å². The van der Waals surface area contributed by atoms with E-state index in [9.17, 15) is 14.7 Å². The lowest BCUT2D eigenvalue weighted by molar-refractivity contribution is -0.620. The minimum Gasteiger partial charge on any atom is -0.618 e. The Bertz CT molecular complexity index is 1620. The fourth-order valence-corrected chi connectivity index (χ4v) is 4.78. The Morgan fingerprint density at radius 3 is 2.86 bits per heavy atom. The number of rotatable bonds is 4. The maximum atomic E-state index is 14.3. The van der Waals surface area contributed by atoms with E-state index in [-0.39, 0.29) is 29.3 Å². The van der Waals surface area contributed by atoms with E-state index in [4.69, 9.17) is 17.3 Å². The second-order valence-corrected chi connectivity index (χ2v) is 8.86. The average molecular weight is 506 g/mol. The van der Waals surface area contributed by atoms with Crippen LogP contribution in [0.25, 0.3) is 28.1 Å². The highest BCUT2D eigenvalue weighted by Crippen LogP contribution is 2.41. The molecule has 0 fully saturated rings. The standard InChI is InChI=1S/C23H17ClFN9O2/c24-14-1-3-18(33-11-28-31-32-33)16(8-14)13-7-12-5-6-23(35,20(12)34(36)10-13)22-27-9-17(29-22)15-2-4-19(26)30-21(15)25/h1-4,7-11,35H,5-6H2,(H2,26,30)(H,27,29). The predicted molar refractivity (Wildman–Crippen MR) is 126 cm³/mol. The second kappa shape index (κ2) is 8.07. The molecule has 0 aliphatic heterocycles. The van der Waals surface area contributed by atoms with Crippen molar-refractivity contribution in [1.29, 1.82) is 0 Å². The molecule has 13 heteroatoms. The highest BCUT2D eigenvalue weighted by atomic mass is 35.5. The summed E-state index contributed by atoms with van der Waals surface area (Å²) in [7, 11) is 0. The highest BCUT2D eigenvalue weighted by molar-refractivity contribution is 6.31. The normalized spacial score (nSPS) is 16.9. The number of hydrogen-bond acceptors (Lipinski definition) is 8. The minimum atomic E-state index is -1.70. The molecule has 4 N–H and O–H groups in total. The van der Waals surface area contributed by atoms with Gasteiger partial charge in [0.05, 0.1) is 23.1 Å². The summed E-state index contributed by atoms with van der Waals surface area (Å²) in [5.74, 6) is -0.597. The van der Waals surface area contributed by atoms with Crippen LogP contribution in [0, 0.1) is 11.2 Å². The Morgan fingerprint density at radius 2 is 2.08 bits per heavy atom. The van der Waals surface area contributed by atoms with Gasteiger partial charge in [-0.05, 0) is 59.7 Å². The number of nitrogen functional groups attached to an aromatic ring is 1. The number of nitrogens with zero attached hydrogens (tertiary/aromatic N) is 7.